The van der Waals surface area contributed by atoms with E-state index in [0.29, 0.717) is 6.42 Å². The van der Waals surface area contributed by atoms with Gasteiger partial charge >= 0.3 is 0 Å². The highest BCUT2D eigenvalue weighted by Crippen LogP contribution is 2.30. The molecule has 1 atom stereocenters. The molecule has 0 amide bonds. The predicted octanol–water partition coefficient (Wildman–Crippen LogP) is 2.07. The fourth-order valence-electron chi connectivity index (χ4n) is 2.44. The van der Waals surface area contributed by atoms with Gasteiger partial charge in [-0.1, -0.05) is 15.9 Å². The van der Waals surface area contributed by atoms with E-state index in [1.54, 1.807) is 7.11 Å². The summed E-state index contributed by atoms with van der Waals surface area (Å²) in [6, 6.07) is 5.91. The van der Waals surface area contributed by atoms with Crippen LogP contribution < -0.4 is 4.74 Å². The standard InChI is InChI=1S/C13H18BrNO2/c1-15-6-5-13(16,9-15)8-10-7-11(14)3-4-12(10)17-2/h3-4,7,16H,5-6,8-9H2,1-2H3. The topological polar surface area (TPSA) is 32.7 Å². The summed E-state index contributed by atoms with van der Waals surface area (Å²) in [6.07, 6.45) is 1.46. The molecule has 1 unspecified atom stereocenters. The van der Waals surface area contributed by atoms with Gasteiger partial charge in [-0.15, -0.1) is 0 Å². The van der Waals surface area contributed by atoms with Gasteiger partial charge < -0.3 is 14.7 Å². The summed E-state index contributed by atoms with van der Waals surface area (Å²) >= 11 is 3.46. The van der Waals surface area contributed by atoms with Crippen LogP contribution >= 0.6 is 15.9 Å². The van der Waals surface area contributed by atoms with Crippen LogP contribution in [0.15, 0.2) is 22.7 Å². The Bertz CT molecular complexity index is 410. The molecule has 1 saturated heterocycles. The number of aliphatic hydroxyl groups is 1. The van der Waals surface area contributed by atoms with Crippen molar-refractivity contribution in [1.82, 2.24) is 4.90 Å². The summed E-state index contributed by atoms with van der Waals surface area (Å²) in [5, 5.41) is 10.5. The third-order valence-corrected chi connectivity index (χ3v) is 3.78. The molecular weight excluding hydrogens is 282 g/mol. The number of likely N-dealkylation sites (N-methyl/N-ethyl adjacent to an activating group) is 1. The van der Waals surface area contributed by atoms with Crippen molar-refractivity contribution in [3.05, 3.63) is 28.2 Å². The minimum atomic E-state index is -0.622. The number of rotatable bonds is 3. The number of methoxy groups -OCH3 is 1. The molecule has 1 aromatic rings. The molecule has 0 spiro atoms. The lowest BCUT2D eigenvalue weighted by Gasteiger charge is -2.23. The highest BCUT2D eigenvalue weighted by atomic mass is 79.9. The van der Waals surface area contributed by atoms with Gasteiger partial charge in [0.05, 0.1) is 12.7 Å². The highest BCUT2D eigenvalue weighted by molar-refractivity contribution is 9.10. The molecule has 0 saturated carbocycles. The van der Waals surface area contributed by atoms with Crippen molar-refractivity contribution in [1.29, 1.82) is 0 Å². The SMILES string of the molecule is COc1ccc(Br)cc1CC1(O)CCN(C)C1. The number of halogens is 1. The van der Waals surface area contributed by atoms with Gasteiger partial charge in [-0.3, -0.25) is 0 Å². The molecule has 1 aliphatic heterocycles. The molecule has 0 radical (unpaired) electrons. The zero-order valence-electron chi connectivity index (χ0n) is 10.2. The van der Waals surface area contributed by atoms with Gasteiger partial charge in [0.2, 0.25) is 0 Å². The fraction of sp³-hybridized carbons (Fsp3) is 0.538. The first-order valence-corrected chi connectivity index (χ1v) is 6.55. The molecule has 1 aliphatic rings. The molecule has 2 rings (SSSR count). The lowest BCUT2D eigenvalue weighted by atomic mass is 9.93. The molecule has 1 aromatic carbocycles. The second-order valence-electron chi connectivity index (χ2n) is 4.85. The monoisotopic (exact) mass is 299 g/mol. The molecule has 0 aliphatic carbocycles. The van der Waals surface area contributed by atoms with Crippen molar-refractivity contribution in [2.75, 3.05) is 27.2 Å². The van der Waals surface area contributed by atoms with E-state index in [1.807, 2.05) is 25.2 Å². The van der Waals surface area contributed by atoms with Crippen molar-refractivity contribution in [3.63, 3.8) is 0 Å². The number of benzene rings is 1. The zero-order valence-corrected chi connectivity index (χ0v) is 11.8. The first-order valence-electron chi connectivity index (χ1n) is 5.76. The third kappa shape index (κ3) is 3.00. The normalized spacial score (nSPS) is 25.2. The van der Waals surface area contributed by atoms with E-state index >= 15 is 0 Å². The summed E-state index contributed by atoms with van der Waals surface area (Å²) in [6.45, 7) is 1.68. The van der Waals surface area contributed by atoms with Crippen LogP contribution in [0.1, 0.15) is 12.0 Å². The average Bonchev–Trinajstić information content (AvgIpc) is 2.59. The number of hydrogen-bond donors (Lipinski definition) is 1. The summed E-state index contributed by atoms with van der Waals surface area (Å²) in [5.41, 5.74) is 0.433. The molecular formula is C13H18BrNO2. The van der Waals surface area contributed by atoms with Gasteiger partial charge in [0.15, 0.2) is 0 Å². The maximum atomic E-state index is 10.5. The van der Waals surface area contributed by atoms with Crippen LogP contribution in [0.5, 0.6) is 5.75 Å². The van der Waals surface area contributed by atoms with E-state index in [1.165, 1.54) is 0 Å². The van der Waals surface area contributed by atoms with Crippen molar-refractivity contribution >= 4 is 15.9 Å². The van der Waals surface area contributed by atoms with E-state index in [-0.39, 0.29) is 0 Å². The quantitative estimate of drug-likeness (QED) is 0.927. The molecule has 0 bridgehead atoms. The predicted molar refractivity (Wildman–Crippen MR) is 71.5 cm³/mol. The van der Waals surface area contributed by atoms with Crippen molar-refractivity contribution in [2.24, 2.45) is 0 Å². The lowest BCUT2D eigenvalue weighted by molar-refractivity contribution is 0.0517. The van der Waals surface area contributed by atoms with Crippen molar-refractivity contribution < 1.29 is 9.84 Å². The van der Waals surface area contributed by atoms with E-state index in [9.17, 15) is 5.11 Å². The Morgan fingerprint density at radius 1 is 1.53 bits per heavy atom. The van der Waals surface area contributed by atoms with Gasteiger partial charge in [-0.25, -0.2) is 0 Å². The van der Waals surface area contributed by atoms with Gasteiger partial charge in [0.1, 0.15) is 5.75 Å². The molecule has 0 aromatic heterocycles. The molecule has 94 valence electrons. The van der Waals surface area contributed by atoms with Crippen LogP contribution in [0.4, 0.5) is 0 Å². The Morgan fingerprint density at radius 2 is 2.29 bits per heavy atom. The molecule has 1 N–H and O–H groups in total. The Balaban J connectivity index is 2.20. The molecule has 1 fully saturated rings. The lowest BCUT2D eigenvalue weighted by Crippen LogP contribution is -2.34. The summed E-state index contributed by atoms with van der Waals surface area (Å²) in [4.78, 5) is 2.16. The largest absolute Gasteiger partial charge is 0.496 e. The summed E-state index contributed by atoms with van der Waals surface area (Å²) in [7, 11) is 3.70. The number of likely N-dealkylation sites (tertiary alicyclic amines) is 1. The Labute approximate surface area is 111 Å². The smallest absolute Gasteiger partial charge is 0.122 e. The zero-order chi connectivity index (χ0) is 12.5. The van der Waals surface area contributed by atoms with E-state index in [2.05, 4.69) is 20.8 Å². The summed E-state index contributed by atoms with van der Waals surface area (Å²) < 4.78 is 6.35. The van der Waals surface area contributed by atoms with Crippen LogP contribution in [0, 0.1) is 0 Å². The minimum Gasteiger partial charge on any atom is -0.496 e. The van der Waals surface area contributed by atoms with Gasteiger partial charge in [0.25, 0.3) is 0 Å². The van der Waals surface area contributed by atoms with Crippen LogP contribution in [0.2, 0.25) is 0 Å². The number of β-amino-alcohol motifs (C(OH)–C–C–N with tert-alkyl or cyclic N) is 1. The van der Waals surface area contributed by atoms with E-state index in [0.717, 1.165) is 35.3 Å². The molecule has 3 nitrogen and oxygen atoms in total. The molecule has 4 heteroatoms. The van der Waals surface area contributed by atoms with Gasteiger partial charge in [-0.05, 0) is 37.2 Å². The first-order chi connectivity index (χ1) is 8.02. The Morgan fingerprint density at radius 3 is 2.88 bits per heavy atom. The van der Waals surface area contributed by atoms with Crippen LogP contribution in [0.3, 0.4) is 0 Å². The summed E-state index contributed by atoms with van der Waals surface area (Å²) in [5.74, 6) is 0.844. The third-order valence-electron chi connectivity index (χ3n) is 3.29. The van der Waals surface area contributed by atoms with Crippen LogP contribution in [-0.4, -0.2) is 42.9 Å². The Kier molecular flexibility index (Phi) is 3.76. The van der Waals surface area contributed by atoms with Crippen molar-refractivity contribution in [2.45, 2.75) is 18.4 Å². The van der Waals surface area contributed by atoms with E-state index in [4.69, 9.17) is 4.74 Å². The van der Waals surface area contributed by atoms with Gasteiger partial charge in [0, 0.05) is 24.0 Å². The second kappa shape index (κ2) is 4.96. The molecule has 17 heavy (non-hydrogen) atoms. The van der Waals surface area contributed by atoms with Gasteiger partial charge in [-0.2, -0.15) is 0 Å². The fourth-order valence-corrected chi connectivity index (χ4v) is 2.85. The maximum Gasteiger partial charge on any atom is 0.122 e. The Hall–Kier alpha value is -0.580. The number of ether oxygens (including phenoxy) is 1. The van der Waals surface area contributed by atoms with E-state index < -0.39 is 5.60 Å². The number of nitrogens with zero attached hydrogens (tertiary/aromatic N) is 1. The van der Waals surface area contributed by atoms with Crippen LogP contribution in [0.25, 0.3) is 0 Å². The van der Waals surface area contributed by atoms with Crippen molar-refractivity contribution in [3.8, 4) is 5.75 Å². The first kappa shape index (κ1) is 12.9. The molecule has 1 heterocycles. The second-order valence-corrected chi connectivity index (χ2v) is 5.76. The average molecular weight is 300 g/mol. The number of hydrogen-bond acceptors (Lipinski definition) is 3. The minimum absolute atomic E-state index is 0.622. The highest BCUT2D eigenvalue weighted by Gasteiger charge is 2.35. The van der Waals surface area contributed by atoms with Crippen LogP contribution in [-0.2, 0) is 6.42 Å². The maximum absolute atomic E-state index is 10.5.